The van der Waals surface area contributed by atoms with E-state index in [1.165, 1.54) is 50.9 Å². The molecule has 2 aliphatic rings. The summed E-state index contributed by atoms with van der Waals surface area (Å²) in [5, 5.41) is 8.60. The summed E-state index contributed by atoms with van der Waals surface area (Å²) in [4.78, 5) is 2.73. The third-order valence-corrected chi connectivity index (χ3v) is 6.80. The Kier molecular flexibility index (Phi) is 4.96. The van der Waals surface area contributed by atoms with E-state index in [0.29, 0.717) is 12.0 Å². The summed E-state index contributed by atoms with van der Waals surface area (Å²) in [5.41, 5.74) is 6.52. The Morgan fingerprint density at radius 1 is 0.929 bits per heavy atom. The molecule has 4 heteroatoms. The molecule has 5 rings (SSSR count). The number of H-pyrrole nitrogens is 1. The topological polar surface area (TPSA) is 31.9 Å². The zero-order valence-corrected chi connectivity index (χ0v) is 16.8. The first-order valence-electron chi connectivity index (χ1n) is 10.4. The Morgan fingerprint density at radius 2 is 1.68 bits per heavy atom. The zero-order chi connectivity index (χ0) is 18.9. The van der Waals surface area contributed by atoms with Crippen LogP contribution < -0.4 is 0 Å². The van der Waals surface area contributed by atoms with Gasteiger partial charge in [0.25, 0.3) is 0 Å². The molecule has 28 heavy (non-hydrogen) atoms. The molecule has 1 saturated heterocycles. The summed E-state index contributed by atoms with van der Waals surface area (Å²) in [5.74, 6) is 0.584. The van der Waals surface area contributed by atoms with Crippen LogP contribution in [0.1, 0.15) is 42.0 Å². The molecule has 2 aromatic carbocycles. The number of nitrogens with one attached hydrogen (secondary N) is 1. The molecule has 1 unspecified atom stereocenters. The molecule has 3 nitrogen and oxygen atoms in total. The quantitative estimate of drug-likeness (QED) is 0.642. The first-order chi connectivity index (χ1) is 13.8. The number of nitrogens with zero attached hydrogens (tertiary/aromatic N) is 2. The van der Waals surface area contributed by atoms with Gasteiger partial charge in [0.1, 0.15) is 0 Å². The summed E-state index contributed by atoms with van der Waals surface area (Å²) in [6, 6.07) is 19.8. The van der Waals surface area contributed by atoms with Gasteiger partial charge in [-0.3, -0.25) is 5.10 Å². The largest absolute Gasteiger partial charge is 0.300 e. The molecule has 3 aromatic rings. The predicted molar refractivity (Wildman–Crippen MR) is 115 cm³/mol. The number of aromatic nitrogens is 2. The Bertz CT molecular complexity index is 938. The van der Waals surface area contributed by atoms with Crippen LogP contribution in [0, 0.1) is 0 Å². The number of fused-ring (bicyclic) bond motifs is 1. The minimum atomic E-state index is 0.584. The molecule has 1 fully saturated rings. The minimum absolute atomic E-state index is 0.584. The van der Waals surface area contributed by atoms with Crippen LogP contribution in [0.4, 0.5) is 0 Å². The van der Waals surface area contributed by atoms with Crippen LogP contribution in [0.5, 0.6) is 0 Å². The standard InChI is InChI=1S/C24H26ClN3/c25-21-8-5-18(6-9-21)23-16-24(27-26-23)19-11-13-28(14-12-19)22-10-7-17-3-1-2-4-20(17)15-22/h1-6,8-9,16,19,22H,7,10-15H2,(H,26,27). The van der Waals surface area contributed by atoms with E-state index in [1.54, 1.807) is 11.1 Å². The normalized spacial score (nSPS) is 20.8. The van der Waals surface area contributed by atoms with E-state index in [2.05, 4.69) is 45.4 Å². The lowest BCUT2D eigenvalue weighted by molar-refractivity contribution is 0.139. The average molecular weight is 392 g/mol. The van der Waals surface area contributed by atoms with Crippen LogP contribution in [0.3, 0.4) is 0 Å². The molecule has 0 saturated carbocycles. The van der Waals surface area contributed by atoms with Crippen LogP contribution in [0.15, 0.2) is 54.6 Å². The second-order valence-corrected chi connectivity index (χ2v) is 8.63. The molecule has 0 spiro atoms. The van der Waals surface area contributed by atoms with E-state index >= 15 is 0 Å². The first-order valence-corrected chi connectivity index (χ1v) is 10.8. The maximum Gasteiger partial charge on any atom is 0.0923 e. The lowest BCUT2D eigenvalue weighted by Gasteiger charge is -2.39. The van der Waals surface area contributed by atoms with Crippen LogP contribution in [0.2, 0.25) is 5.02 Å². The minimum Gasteiger partial charge on any atom is -0.300 e. The van der Waals surface area contributed by atoms with Gasteiger partial charge in [-0.1, -0.05) is 48.0 Å². The summed E-state index contributed by atoms with van der Waals surface area (Å²) >= 11 is 6.00. The average Bonchev–Trinajstić information content (AvgIpc) is 3.24. The smallest absolute Gasteiger partial charge is 0.0923 e. The van der Waals surface area contributed by atoms with Crippen LogP contribution in [-0.2, 0) is 12.8 Å². The molecule has 1 N–H and O–H groups in total. The fourth-order valence-electron chi connectivity index (χ4n) is 4.88. The molecule has 1 aliphatic heterocycles. The lowest BCUT2D eigenvalue weighted by atomic mass is 9.85. The van der Waals surface area contributed by atoms with Gasteiger partial charge in [-0.15, -0.1) is 0 Å². The predicted octanol–water partition coefficient (Wildman–Crippen LogP) is 5.47. The number of rotatable bonds is 3. The molecule has 2 heterocycles. The van der Waals surface area contributed by atoms with Crippen molar-refractivity contribution in [2.75, 3.05) is 13.1 Å². The van der Waals surface area contributed by atoms with E-state index in [4.69, 9.17) is 11.6 Å². The van der Waals surface area contributed by atoms with Crippen molar-refractivity contribution in [3.05, 3.63) is 76.4 Å². The summed E-state index contributed by atoms with van der Waals surface area (Å²) in [6.45, 7) is 2.37. The number of hydrogen-bond donors (Lipinski definition) is 1. The van der Waals surface area contributed by atoms with Crippen molar-refractivity contribution in [1.82, 2.24) is 15.1 Å². The van der Waals surface area contributed by atoms with Crippen molar-refractivity contribution in [1.29, 1.82) is 0 Å². The van der Waals surface area contributed by atoms with Crippen LogP contribution >= 0.6 is 11.6 Å². The van der Waals surface area contributed by atoms with E-state index < -0.39 is 0 Å². The van der Waals surface area contributed by atoms with Gasteiger partial charge >= 0.3 is 0 Å². The first kappa shape index (κ1) is 18.0. The van der Waals surface area contributed by atoms with Gasteiger partial charge in [0.15, 0.2) is 0 Å². The highest BCUT2D eigenvalue weighted by molar-refractivity contribution is 6.30. The molecular weight excluding hydrogens is 366 g/mol. The van der Waals surface area contributed by atoms with Crippen molar-refractivity contribution in [3.8, 4) is 11.3 Å². The van der Waals surface area contributed by atoms with E-state index in [0.717, 1.165) is 16.3 Å². The number of benzene rings is 2. The Labute approximate surface area is 171 Å². The molecule has 0 bridgehead atoms. The van der Waals surface area contributed by atoms with E-state index in [-0.39, 0.29) is 0 Å². The Balaban J connectivity index is 1.21. The summed E-state index contributed by atoms with van der Waals surface area (Å²) in [6.07, 6.45) is 6.16. The third-order valence-electron chi connectivity index (χ3n) is 6.54. The van der Waals surface area contributed by atoms with Gasteiger partial charge in [-0.25, -0.2) is 0 Å². The second-order valence-electron chi connectivity index (χ2n) is 8.19. The van der Waals surface area contributed by atoms with E-state index in [9.17, 15) is 0 Å². The molecule has 1 aromatic heterocycles. The maximum absolute atomic E-state index is 6.00. The van der Waals surface area contributed by atoms with Gasteiger partial charge in [0.05, 0.1) is 5.69 Å². The van der Waals surface area contributed by atoms with Crippen LogP contribution in [-0.4, -0.2) is 34.2 Å². The number of hydrogen-bond acceptors (Lipinski definition) is 2. The monoisotopic (exact) mass is 391 g/mol. The van der Waals surface area contributed by atoms with Gasteiger partial charge in [0, 0.05) is 28.2 Å². The highest BCUT2D eigenvalue weighted by Crippen LogP contribution is 2.32. The fraction of sp³-hybridized carbons (Fsp3) is 0.375. The highest BCUT2D eigenvalue weighted by Gasteiger charge is 2.29. The molecular formula is C24H26ClN3. The molecule has 0 radical (unpaired) electrons. The Morgan fingerprint density at radius 3 is 2.46 bits per heavy atom. The number of halogens is 1. The SMILES string of the molecule is Clc1ccc(-c2cc(C3CCN(C4CCc5ccccc5C4)CC3)[nH]n2)cc1. The maximum atomic E-state index is 6.00. The van der Waals surface area contributed by atoms with Gasteiger partial charge in [0.2, 0.25) is 0 Å². The number of likely N-dealkylation sites (tertiary alicyclic amines) is 1. The Hall–Kier alpha value is -2.10. The van der Waals surface area contributed by atoms with Gasteiger partial charge < -0.3 is 4.90 Å². The fourth-order valence-corrected chi connectivity index (χ4v) is 5.01. The molecule has 1 aliphatic carbocycles. The molecule has 0 amide bonds. The summed E-state index contributed by atoms with van der Waals surface area (Å²) in [7, 11) is 0. The van der Waals surface area contributed by atoms with E-state index in [1.807, 2.05) is 24.3 Å². The molecule has 144 valence electrons. The van der Waals surface area contributed by atoms with Crippen molar-refractivity contribution >= 4 is 11.6 Å². The van der Waals surface area contributed by atoms with Crippen molar-refractivity contribution in [3.63, 3.8) is 0 Å². The number of piperidine rings is 1. The van der Waals surface area contributed by atoms with Crippen molar-refractivity contribution in [2.24, 2.45) is 0 Å². The molecule has 1 atom stereocenters. The highest BCUT2D eigenvalue weighted by atomic mass is 35.5. The summed E-state index contributed by atoms with van der Waals surface area (Å²) < 4.78 is 0. The van der Waals surface area contributed by atoms with Crippen LogP contribution in [0.25, 0.3) is 11.3 Å². The van der Waals surface area contributed by atoms with Gasteiger partial charge in [-0.05, 0) is 74.5 Å². The number of aryl methyl sites for hydroxylation is 1. The van der Waals surface area contributed by atoms with Crippen molar-refractivity contribution < 1.29 is 0 Å². The zero-order valence-electron chi connectivity index (χ0n) is 16.1. The second kappa shape index (κ2) is 7.73. The van der Waals surface area contributed by atoms with Gasteiger partial charge in [-0.2, -0.15) is 5.10 Å². The third kappa shape index (κ3) is 3.61. The number of aromatic amines is 1. The van der Waals surface area contributed by atoms with Crippen molar-refractivity contribution in [2.45, 2.75) is 44.1 Å². The lowest BCUT2D eigenvalue weighted by Crippen LogP contribution is -2.43.